The SMILES string of the molecule is CC1(C)Oc2cc(C#Cc3c(F)cc(Cl)cc3F)ccc2-c2[nH]c(-c3c(F)cccc3Cl)nc21. The molecule has 0 fully saturated rings. The number of hydrogen-bond donors (Lipinski definition) is 1. The summed E-state index contributed by atoms with van der Waals surface area (Å²) in [6.45, 7) is 3.67. The first-order valence-corrected chi connectivity index (χ1v) is 10.9. The fourth-order valence-electron chi connectivity index (χ4n) is 3.86. The minimum atomic E-state index is -0.852. The lowest BCUT2D eigenvalue weighted by Crippen LogP contribution is -2.29. The van der Waals surface area contributed by atoms with Crippen LogP contribution in [0.25, 0.3) is 22.6 Å². The zero-order chi connectivity index (χ0) is 24.2. The molecule has 3 nitrogen and oxygen atoms in total. The Morgan fingerprint density at radius 1 is 0.941 bits per heavy atom. The molecule has 170 valence electrons. The number of imidazole rings is 1. The first kappa shape index (κ1) is 22.4. The minimum absolute atomic E-state index is 0.0450. The van der Waals surface area contributed by atoms with Crippen LogP contribution in [-0.2, 0) is 5.60 Å². The topological polar surface area (TPSA) is 37.9 Å². The van der Waals surface area contributed by atoms with Crippen molar-refractivity contribution in [3.63, 3.8) is 0 Å². The second kappa shape index (κ2) is 8.12. The maximum atomic E-state index is 14.5. The third kappa shape index (κ3) is 3.81. The molecule has 0 atom stereocenters. The Labute approximate surface area is 203 Å². The molecular weight excluding hydrogens is 484 g/mol. The number of ether oxygens (including phenoxy) is 1. The van der Waals surface area contributed by atoms with Crippen LogP contribution in [0.15, 0.2) is 48.5 Å². The minimum Gasteiger partial charge on any atom is -0.481 e. The molecule has 8 heteroatoms. The van der Waals surface area contributed by atoms with Gasteiger partial charge in [-0.05, 0) is 56.3 Å². The highest BCUT2D eigenvalue weighted by atomic mass is 35.5. The zero-order valence-electron chi connectivity index (χ0n) is 17.9. The fourth-order valence-corrected chi connectivity index (χ4v) is 4.30. The van der Waals surface area contributed by atoms with Gasteiger partial charge in [0, 0.05) is 16.1 Å². The van der Waals surface area contributed by atoms with Gasteiger partial charge in [0.15, 0.2) is 0 Å². The quantitative estimate of drug-likeness (QED) is 0.276. The maximum Gasteiger partial charge on any atom is 0.147 e. The molecule has 0 aliphatic carbocycles. The van der Waals surface area contributed by atoms with Crippen LogP contribution in [0.3, 0.4) is 0 Å². The van der Waals surface area contributed by atoms with Gasteiger partial charge in [-0.1, -0.05) is 41.1 Å². The number of aromatic nitrogens is 2. The molecule has 3 aromatic carbocycles. The fraction of sp³-hybridized carbons (Fsp3) is 0.115. The van der Waals surface area contributed by atoms with Crippen LogP contribution in [0.1, 0.15) is 30.7 Å². The average molecular weight is 499 g/mol. The monoisotopic (exact) mass is 498 g/mol. The Hall–Kier alpha value is -3.40. The Kier molecular flexibility index (Phi) is 5.35. The van der Waals surface area contributed by atoms with Crippen LogP contribution in [0.2, 0.25) is 10.0 Å². The number of rotatable bonds is 1. The molecule has 0 amide bonds. The second-order valence-electron chi connectivity index (χ2n) is 8.22. The lowest BCUT2D eigenvalue weighted by Gasteiger charge is -2.31. The molecule has 2 heterocycles. The van der Waals surface area contributed by atoms with Crippen molar-refractivity contribution in [1.29, 1.82) is 0 Å². The Morgan fingerprint density at radius 2 is 1.68 bits per heavy atom. The second-order valence-corrected chi connectivity index (χ2v) is 9.07. The third-order valence-corrected chi connectivity index (χ3v) is 5.96. The van der Waals surface area contributed by atoms with Crippen molar-refractivity contribution in [3.05, 3.63) is 92.8 Å². The van der Waals surface area contributed by atoms with Gasteiger partial charge in [0.25, 0.3) is 0 Å². The highest BCUT2D eigenvalue weighted by molar-refractivity contribution is 6.33. The first-order chi connectivity index (χ1) is 16.1. The van der Waals surface area contributed by atoms with Gasteiger partial charge in [-0.15, -0.1) is 0 Å². The van der Waals surface area contributed by atoms with Crippen molar-refractivity contribution in [2.75, 3.05) is 0 Å². The molecule has 0 bridgehead atoms. The van der Waals surface area contributed by atoms with E-state index < -0.39 is 23.1 Å². The molecule has 34 heavy (non-hydrogen) atoms. The third-order valence-electron chi connectivity index (χ3n) is 5.43. The van der Waals surface area contributed by atoms with E-state index in [4.69, 9.17) is 27.9 Å². The predicted molar refractivity (Wildman–Crippen MR) is 125 cm³/mol. The van der Waals surface area contributed by atoms with Crippen LogP contribution < -0.4 is 4.74 Å². The number of hydrogen-bond acceptors (Lipinski definition) is 2. The van der Waals surface area contributed by atoms with Crippen molar-refractivity contribution in [2.45, 2.75) is 19.4 Å². The molecule has 4 aromatic rings. The molecule has 0 spiro atoms. The number of benzene rings is 3. The largest absolute Gasteiger partial charge is 0.481 e. The number of nitrogens with one attached hydrogen (secondary N) is 1. The van der Waals surface area contributed by atoms with E-state index in [1.165, 1.54) is 12.1 Å². The summed E-state index contributed by atoms with van der Waals surface area (Å²) in [6, 6.07) is 11.6. The van der Waals surface area contributed by atoms with Gasteiger partial charge in [0.05, 0.1) is 21.8 Å². The lowest BCUT2D eigenvalue weighted by molar-refractivity contribution is 0.101. The predicted octanol–water partition coefficient (Wildman–Crippen LogP) is 7.50. The summed E-state index contributed by atoms with van der Waals surface area (Å²) in [7, 11) is 0. The van der Waals surface area contributed by atoms with E-state index in [1.807, 2.05) is 13.8 Å². The molecule has 1 aliphatic rings. The van der Waals surface area contributed by atoms with E-state index >= 15 is 0 Å². The van der Waals surface area contributed by atoms with Crippen LogP contribution >= 0.6 is 23.2 Å². The molecule has 0 saturated heterocycles. The summed E-state index contributed by atoms with van der Waals surface area (Å²) in [5, 5.41) is 0.189. The smallest absolute Gasteiger partial charge is 0.147 e. The normalized spacial score (nSPS) is 13.4. The summed E-state index contributed by atoms with van der Waals surface area (Å²) in [5.41, 5.74) is 1.39. The zero-order valence-corrected chi connectivity index (χ0v) is 19.4. The Bertz CT molecular complexity index is 1490. The van der Waals surface area contributed by atoms with E-state index in [-0.39, 0.29) is 27.0 Å². The van der Waals surface area contributed by atoms with Gasteiger partial charge in [-0.3, -0.25) is 0 Å². The standard InChI is InChI=1S/C26H15Cl2F3N2O/c1-26(2)24-23(32-25(33-24)22-17(28)4-3-5-18(22)29)16-9-7-13(10-21(16)34-26)6-8-15-19(30)11-14(27)12-20(15)31/h3-5,7,9-12H,1-2H3,(H,32,33). The summed E-state index contributed by atoms with van der Waals surface area (Å²) >= 11 is 11.9. The van der Waals surface area contributed by atoms with E-state index in [2.05, 4.69) is 21.8 Å². The molecule has 0 radical (unpaired) electrons. The van der Waals surface area contributed by atoms with Crippen LogP contribution in [-0.4, -0.2) is 9.97 Å². The molecule has 0 saturated carbocycles. The van der Waals surface area contributed by atoms with Crippen LogP contribution in [0, 0.1) is 29.3 Å². The number of aromatic amines is 1. The highest BCUT2D eigenvalue weighted by Crippen LogP contribution is 2.45. The van der Waals surface area contributed by atoms with Gasteiger partial charge in [-0.2, -0.15) is 0 Å². The van der Waals surface area contributed by atoms with Gasteiger partial charge >= 0.3 is 0 Å². The van der Waals surface area contributed by atoms with Crippen molar-refractivity contribution >= 4 is 23.2 Å². The number of fused-ring (bicyclic) bond motifs is 3. The number of halogens is 5. The first-order valence-electron chi connectivity index (χ1n) is 10.2. The van der Waals surface area contributed by atoms with Gasteiger partial charge in [-0.25, -0.2) is 18.2 Å². The van der Waals surface area contributed by atoms with Crippen molar-refractivity contribution < 1.29 is 17.9 Å². The Morgan fingerprint density at radius 3 is 2.38 bits per heavy atom. The van der Waals surface area contributed by atoms with Crippen molar-refractivity contribution in [1.82, 2.24) is 9.97 Å². The van der Waals surface area contributed by atoms with Gasteiger partial charge in [0.2, 0.25) is 0 Å². The van der Waals surface area contributed by atoms with Crippen LogP contribution in [0.4, 0.5) is 13.2 Å². The van der Waals surface area contributed by atoms with E-state index in [1.54, 1.807) is 24.3 Å². The molecular formula is C26H15Cl2F3N2O. The van der Waals surface area contributed by atoms with Crippen molar-refractivity contribution in [3.8, 4) is 40.2 Å². The average Bonchev–Trinajstić information content (AvgIpc) is 3.19. The Balaban J connectivity index is 1.58. The number of H-pyrrole nitrogens is 1. The van der Waals surface area contributed by atoms with Gasteiger partial charge < -0.3 is 9.72 Å². The summed E-state index contributed by atoms with van der Waals surface area (Å²) < 4.78 is 48.8. The number of nitrogens with zero attached hydrogens (tertiary/aromatic N) is 1. The molecule has 1 aliphatic heterocycles. The van der Waals surface area contributed by atoms with E-state index in [9.17, 15) is 13.2 Å². The van der Waals surface area contributed by atoms with E-state index in [0.717, 1.165) is 12.1 Å². The van der Waals surface area contributed by atoms with Gasteiger partial charge in [0.1, 0.15) is 40.3 Å². The highest BCUT2D eigenvalue weighted by Gasteiger charge is 2.37. The molecule has 5 rings (SSSR count). The maximum absolute atomic E-state index is 14.5. The van der Waals surface area contributed by atoms with Crippen molar-refractivity contribution in [2.24, 2.45) is 0 Å². The van der Waals surface area contributed by atoms with Crippen LogP contribution in [0.5, 0.6) is 5.75 Å². The van der Waals surface area contributed by atoms with E-state index in [0.29, 0.717) is 28.3 Å². The lowest BCUT2D eigenvalue weighted by atomic mass is 9.94. The summed E-state index contributed by atoms with van der Waals surface area (Å²) in [5.74, 6) is 3.89. The molecule has 0 unspecified atom stereocenters. The molecule has 1 aromatic heterocycles. The summed E-state index contributed by atoms with van der Waals surface area (Å²) in [4.78, 5) is 7.77. The molecule has 1 N–H and O–H groups in total. The summed E-state index contributed by atoms with van der Waals surface area (Å²) in [6.07, 6.45) is 0.